The summed E-state index contributed by atoms with van der Waals surface area (Å²) in [6, 6.07) is 24.6. The molecule has 6 nitrogen and oxygen atoms in total. The molecule has 0 saturated heterocycles. The second-order valence-corrected chi connectivity index (χ2v) is 19.3. The SMILES string of the molecule is CC(C)c1cc(C(C)C)c(S(=O)(=O)N[C@H](c2ccccc2)[C@H](NS(=O)(=O)c2c(C(C)C)cc(C(C)C)cc2C(C)C)c2ccccc2)c(C(C)C)c1. The summed E-state index contributed by atoms with van der Waals surface area (Å²) in [4.78, 5) is 0.539. The average Bonchev–Trinajstić information content (AvgIpc) is 3.09. The predicted molar refractivity (Wildman–Crippen MR) is 216 cm³/mol. The molecule has 4 rings (SSSR count). The summed E-state index contributed by atoms with van der Waals surface area (Å²) in [6.45, 7) is 24.6. The van der Waals surface area contributed by atoms with E-state index in [9.17, 15) is 0 Å². The Morgan fingerprint density at radius 1 is 0.365 bits per heavy atom. The van der Waals surface area contributed by atoms with Gasteiger partial charge in [0.1, 0.15) is 0 Å². The predicted octanol–water partition coefficient (Wildman–Crippen LogP) is 11.2. The van der Waals surface area contributed by atoms with E-state index in [1.165, 1.54) is 0 Å². The molecule has 0 bridgehead atoms. The summed E-state index contributed by atoms with van der Waals surface area (Å²) in [5.74, 6) is 0.154. The van der Waals surface area contributed by atoms with Crippen LogP contribution in [0.4, 0.5) is 0 Å². The molecule has 0 fully saturated rings. The zero-order valence-corrected chi connectivity index (χ0v) is 34.8. The summed E-state index contributed by atoms with van der Waals surface area (Å²) >= 11 is 0. The highest BCUT2D eigenvalue weighted by Crippen LogP contribution is 2.40. The van der Waals surface area contributed by atoms with Crippen molar-refractivity contribution < 1.29 is 16.8 Å². The first-order valence-corrected chi connectivity index (χ1v) is 21.7. The van der Waals surface area contributed by atoms with Crippen molar-refractivity contribution in [2.45, 2.75) is 140 Å². The fourth-order valence-corrected chi connectivity index (χ4v) is 10.7. The van der Waals surface area contributed by atoms with Crippen LogP contribution in [0.1, 0.15) is 175 Å². The monoisotopic (exact) mass is 744 g/mol. The van der Waals surface area contributed by atoms with Crippen molar-refractivity contribution in [3.63, 3.8) is 0 Å². The lowest BCUT2D eigenvalue weighted by Crippen LogP contribution is -2.41. The van der Waals surface area contributed by atoms with Gasteiger partial charge < -0.3 is 0 Å². The Labute approximate surface area is 315 Å². The molecule has 4 aromatic carbocycles. The quantitative estimate of drug-likeness (QED) is 0.127. The Balaban J connectivity index is 2.01. The molecule has 8 heteroatoms. The molecule has 0 radical (unpaired) electrons. The Morgan fingerprint density at radius 2 is 0.615 bits per heavy atom. The first-order valence-electron chi connectivity index (χ1n) is 18.8. The van der Waals surface area contributed by atoms with Crippen molar-refractivity contribution in [1.82, 2.24) is 9.44 Å². The number of hydrogen-bond acceptors (Lipinski definition) is 4. The first-order chi connectivity index (χ1) is 24.3. The number of nitrogens with one attached hydrogen (secondary N) is 2. The minimum atomic E-state index is -4.22. The van der Waals surface area contributed by atoms with Gasteiger partial charge in [0, 0.05) is 0 Å². The van der Waals surface area contributed by atoms with Gasteiger partial charge in [0.25, 0.3) is 0 Å². The van der Waals surface area contributed by atoms with E-state index >= 15 is 16.8 Å². The molecule has 0 spiro atoms. The largest absolute Gasteiger partial charge is 0.241 e. The van der Waals surface area contributed by atoms with Gasteiger partial charge in [-0.2, -0.15) is 0 Å². The molecule has 0 saturated carbocycles. The second kappa shape index (κ2) is 16.8. The van der Waals surface area contributed by atoms with Crippen LogP contribution < -0.4 is 9.44 Å². The standard InChI is InChI=1S/C44H60N2O4S2/c1-27(2)35-23-37(29(5)6)43(38(24-35)30(7)8)51(47,48)45-41(33-19-15-13-16-20-33)42(34-21-17-14-18-22-34)46-52(49,50)44-39(31(9)10)25-36(28(3)4)26-40(44)32(11)12/h13-32,41-42,45-46H,1-12H3/t41-,42-/m1/s1. The lowest BCUT2D eigenvalue weighted by atomic mass is 9.89. The van der Waals surface area contributed by atoms with E-state index in [0.717, 1.165) is 33.4 Å². The van der Waals surface area contributed by atoms with Gasteiger partial charge in [-0.15, -0.1) is 0 Å². The maximum atomic E-state index is 15.0. The van der Waals surface area contributed by atoms with Gasteiger partial charge in [-0.05, 0) is 80.0 Å². The minimum Gasteiger partial charge on any atom is -0.207 e. The zero-order valence-electron chi connectivity index (χ0n) is 33.2. The third-order valence-electron chi connectivity index (χ3n) is 9.91. The maximum absolute atomic E-state index is 15.0. The van der Waals surface area contributed by atoms with Crippen LogP contribution in [0.2, 0.25) is 0 Å². The van der Waals surface area contributed by atoms with Crippen LogP contribution in [0.3, 0.4) is 0 Å². The molecule has 0 unspecified atom stereocenters. The highest BCUT2D eigenvalue weighted by Gasteiger charge is 2.37. The minimum absolute atomic E-state index is 0.0703. The Kier molecular flexibility index (Phi) is 13.4. The number of benzene rings is 4. The van der Waals surface area contributed by atoms with Gasteiger partial charge in [-0.3, -0.25) is 0 Å². The van der Waals surface area contributed by atoms with Crippen molar-refractivity contribution in [1.29, 1.82) is 0 Å². The maximum Gasteiger partial charge on any atom is 0.241 e. The number of sulfonamides is 2. The van der Waals surface area contributed by atoms with Crippen molar-refractivity contribution in [3.05, 3.63) is 129 Å². The highest BCUT2D eigenvalue weighted by atomic mass is 32.2. The average molecular weight is 745 g/mol. The molecular weight excluding hydrogens is 685 g/mol. The lowest BCUT2D eigenvalue weighted by Gasteiger charge is -2.32. The molecule has 282 valence electrons. The van der Waals surface area contributed by atoms with Crippen LogP contribution in [0.5, 0.6) is 0 Å². The molecule has 52 heavy (non-hydrogen) atoms. The van der Waals surface area contributed by atoms with E-state index < -0.39 is 32.1 Å². The Hall–Kier alpha value is -3.30. The normalized spacial score (nSPS) is 14.0. The van der Waals surface area contributed by atoms with Crippen LogP contribution in [-0.4, -0.2) is 16.8 Å². The molecule has 0 heterocycles. The Morgan fingerprint density at radius 3 is 0.827 bits per heavy atom. The fraction of sp³-hybridized carbons (Fsp3) is 0.455. The van der Waals surface area contributed by atoms with Crippen LogP contribution in [-0.2, 0) is 20.0 Å². The summed E-state index contributed by atoms with van der Waals surface area (Å²) in [7, 11) is -8.44. The molecule has 0 aliphatic carbocycles. The molecular formula is C44H60N2O4S2. The van der Waals surface area contributed by atoms with E-state index in [-0.39, 0.29) is 45.3 Å². The van der Waals surface area contributed by atoms with Gasteiger partial charge >= 0.3 is 0 Å². The first kappa shape index (κ1) is 41.5. The van der Waals surface area contributed by atoms with E-state index in [1.54, 1.807) is 0 Å². The summed E-state index contributed by atoms with van der Waals surface area (Å²) in [6.07, 6.45) is 0. The highest BCUT2D eigenvalue weighted by molar-refractivity contribution is 7.90. The van der Waals surface area contributed by atoms with Gasteiger partial charge in [-0.25, -0.2) is 26.3 Å². The molecule has 0 aromatic heterocycles. The van der Waals surface area contributed by atoms with E-state index in [4.69, 9.17) is 0 Å². The smallest absolute Gasteiger partial charge is 0.207 e. The Bertz CT molecular complexity index is 1830. The third-order valence-corrected chi connectivity index (χ3v) is 13.1. The summed E-state index contributed by atoms with van der Waals surface area (Å²) in [5.41, 5.74) is 6.46. The van der Waals surface area contributed by atoms with Gasteiger partial charge in [0.05, 0.1) is 21.9 Å². The van der Waals surface area contributed by atoms with Crippen molar-refractivity contribution >= 4 is 20.0 Å². The summed E-state index contributed by atoms with van der Waals surface area (Å²) < 4.78 is 66.2. The van der Waals surface area contributed by atoms with Crippen LogP contribution >= 0.6 is 0 Å². The van der Waals surface area contributed by atoms with Gasteiger partial charge in [0.15, 0.2) is 0 Å². The van der Waals surface area contributed by atoms with Crippen LogP contribution in [0, 0.1) is 0 Å². The molecule has 0 aliphatic rings. The topological polar surface area (TPSA) is 92.3 Å². The molecule has 0 amide bonds. The van der Waals surface area contributed by atoms with E-state index in [2.05, 4.69) is 37.1 Å². The van der Waals surface area contributed by atoms with Gasteiger partial charge in [-0.1, -0.05) is 168 Å². The van der Waals surface area contributed by atoms with E-state index in [0.29, 0.717) is 11.1 Å². The fourth-order valence-electron chi connectivity index (χ4n) is 6.83. The summed E-state index contributed by atoms with van der Waals surface area (Å²) in [5, 5.41) is 0. The van der Waals surface area contributed by atoms with Crippen LogP contribution in [0.25, 0.3) is 0 Å². The number of hydrogen-bond donors (Lipinski definition) is 2. The lowest BCUT2D eigenvalue weighted by molar-refractivity contribution is 0.464. The van der Waals surface area contributed by atoms with Crippen molar-refractivity contribution in [3.8, 4) is 0 Å². The zero-order chi connectivity index (χ0) is 38.7. The van der Waals surface area contributed by atoms with Crippen molar-refractivity contribution in [2.75, 3.05) is 0 Å². The van der Waals surface area contributed by atoms with Crippen LogP contribution in [0.15, 0.2) is 94.7 Å². The third kappa shape index (κ3) is 9.25. The van der Waals surface area contributed by atoms with Gasteiger partial charge in [0.2, 0.25) is 20.0 Å². The molecule has 0 aliphatic heterocycles. The van der Waals surface area contributed by atoms with E-state index in [1.807, 2.05) is 140 Å². The molecule has 4 aromatic rings. The van der Waals surface area contributed by atoms with Crippen molar-refractivity contribution in [2.24, 2.45) is 0 Å². The second-order valence-electron chi connectivity index (χ2n) is 16.0. The molecule has 2 atom stereocenters. The molecule has 2 N–H and O–H groups in total. The number of rotatable bonds is 15.